The third-order valence-electron chi connectivity index (χ3n) is 4.51. The molecule has 9 heteroatoms. The highest BCUT2D eigenvalue weighted by Gasteiger charge is 2.11. The summed E-state index contributed by atoms with van der Waals surface area (Å²) >= 11 is 0. The van der Waals surface area contributed by atoms with Crippen LogP contribution in [0.5, 0.6) is 6.01 Å². The van der Waals surface area contributed by atoms with Gasteiger partial charge in [0.05, 0.1) is 12.8 Å². The number of anilines is 1. The molecule has 0 spiro atoms. The van der Waals surface area contributed by atoms with Gasteiger partial charge in [-0.25, -0.2) is 4.39 Å². The van der Waals surface area contributed by atoms with E-state index in [-0.39, 0.29) is 11.8 Å². The molecule has 0 radical (unpaired) electrons. The summed E-state index contributed by atoms with van der Waals surface area (Å²) in [7, 11) is 1.43. The van der Waals surface area contributed by atoms with Crippen LogP contribution >= 0.6 is 0 Å². The Bertz CT molecular complexity index is 1110. The van der Waals surface area contributed by atoms with Crippen molar-refractivity contribution in [2.75, 3.05) is 19.0 Å². The van der Waals surface area contributed by atoms with E-state index in [1.165, 1.54) is 25.4 Å². The van der Waals surface area contributed by atoms with E-state index in [0.717, 1.165) is 10.1 Å². The Balaban J connectivity index is 1.84. The van der Waals surface area contributed by atoms with Gasteiger partial charge >= 0.3 is 12.0 Å². The first-order valence-corrected chi connectivity index (χ1v) is 9.21. The van der Waals surface area contributed by atoms with Crippen LogP contribution in [0.25, 0.3) is 11.3 Å². The van der Waals surface area contributed by atoms with Crippen molar-refractivity contribution in [1.29, 1.82) is 0 Å². The number of carboxylic acid groups (broad SMARTS) is 1. The van der Waals surface area contributed by atoms with Gasteiger partial charge in [-0.3, -0.25) is 9.59 Å². The molecule has 0 fully saturated rings. The first kappa shape index (κ1) is 21.0. The van der Waals surface area contributed by atoms with E-state index in [2.05, 4.69) is 15.3 Å². The molecule has 2 N–H and O–H groups in total. The van der Waals surface area contributed by atoms with Gasteiger partial charge in [0, 0.05) is 30.4 Å². The zero-order chi connectivity index (χ0) is 21.7. The summed E-state index contributed by atoms with van der Waals surface area (Å²) in [4.78, 5) is 31.3. The summed E-state index contributed by atoms with van der Waals surface area (Å²) in [5.74, 6) is -0.916. The Labute approximate surface area is 172 Å². The normalized spacial score (nSPS) is 10.6. The van der Waals surface area contributed by atoms with E-state index in [9.17, 15) is 14.0 Å². The Morgan fingerprint density at radius 1 is 1.27 bits per heavy atom. The van der Waals surface area contributed by atoms with Gasteiger partial charge in [0.1, 0.15) is 18.2 Å². The van der Waals surface area contributed by atoms with Crippen LogP contribution in [0.15, 0.2) is 47.4 Å². The monoisotopic (exact) mass is 412 g/mol. The second-order valence-electron chi connectivity index (χ2n) is 6.61. The van der Waals surface area contributed by atoms with Gasteiger partial charge in [-0.05, 0) is 36.6 Å². The maximum Gasteiger partial charge on any atom is 0.323 e. The van der Waals surface area contributed by atoms with E-state index < -0.39 is 18.1 Å². The molecule has 1 aromatic carbocycles. The molecule has 3 aromatic rings. The molecule has 156 valence electrons. The van der Waals surface area contributed by atoms with E-state index >= 15 is 0 Å². The van der Waals surface area contributed by atoms with Gasteiger partial charge in [0.25, 0.3) is 5.56 Å². The number of halogens is 1. The summed E-state index contributed by atoms with van der Waals surface area (Å²) < 4.78 is 20.2. The smallest absolute Gasteiger partial charge is 0.323 e. The van der Waals surface area contributed by atoms with Gasteiger partial charge in [-0.15, -0.1) is 0 Å². The molecule has 0 saturated heterocycles. The molecule has 0 aliphatic carbocycles. The Morgan fingerprint density at radius 2 is 2.07 bits per heavy atom. The average Bonchev–Trinajstić information content (AvgIpc) is 2.71. The first-order valence-electron chi connectivity index (χ1n) is 9.21. The maximum atomic E-state index is 14.0. The lowest BCUT2D eigenvalue weighted by atomic mass is 10.1. The summed E-state index contributed by atoms with van der Waals surface area (Å²) in [6.07, 6.45) is 1.88. The second-order valence-corrected chi connectivity index (χ2v) is 6.61. The fourth-order valence-corrected chi connectivity index (χ4v) is 3.01. The van der Waals surface area contributed by atoms with Crippen molar-refractivity contribution in [1.82, 2.24) is 14.5 Å². The molecule has 0 atom stereocenters. The van der Waals surface area contributed by atoms with Crippen molar-refractivity contribution in [3.8, 4) is 17.3 Å². The number of aryl methyl sites for hydroxylation is 1. The van der Waals surface area contributed by atoms with Crippen LogP contribution in [0.3, 0.4) is 0 Å². The third kappa shape index (κ3) is 4.99. The van der Waals surface area contributed by atoms with Crippen LogP contribution < -0.4 is 15.6 Å². The Hall–Kier alpha value is -3.75. The summed E-state index contributed by atoms with van der Waals surface area (Å²) in [5, 5.41) is 12.1. The number of hydrogen-bond donors (Lipinski definition) is 2. The van der Waals surface area contributed by atoms with E-state index in [0.29, 0.717) is 35.6 Å². The number of ether oxygens (including phenoxy) is 1. The molecular weight excluding hydrogens is 391 g/mol. The quantitative estimate of drug-likeness (QED) is 0.585. The molecule has 8 nitrogen and oxygen atoms in total. The van der Waals surface area contributed by atoms with E-state index in [4.69, 9.17) is 9.84 Å². The third-order valence-corrected chi connectivity index (χ3v) is 4.51. The number of nitrogens with zero attached hydrogens (tertiary/aromatic N) is 3. The highest BCUT2D eigenvalue weighted by molar-refractivity contribution is 5.67. The van der Waals surface area contributed by atoms with E-state index in [1.54, 1.807) is 18.2 Å². The van der Waals surface area contributed by atoms with Crippen LogP contribution in [-0.2, 0) is 17.8 Å². The number of aromatic nitrogens is 3. The molecule has 0 bridgehead atoms. The lowest BCUT2D eigenvalue weighted by Crippen LogP contribution is -2.22. The predicted molar refractivity (Wildman–Crippen MR) is 109 cm³/mol. The van der Waals surface area contributed by atoms with Crippen LogP contribution in [0, 0.1) is 12.7 Å². The minimum atomic E-state index is -1.12. The van der Waals surface area contributed by atoms with Gasteiger partial charge in [0.2, 0.25) is 0 Å². The second kappa shape index (κ2) is 9.17. The van der Waals surface area contributed by atoms with Gasteiger partial charge < -0.3 is 19.7 Å². The van der Waals surface area contributed by atoms with Crippen LogP contribution in [0.2, 0.25) is 0 Å². The summed E-state index contributed by atoms with van der Waals surface area (Å²) in [5.41, 5.74) is 2.06. The van der Waals surface area contributed by atoms with Crippen LogP contribution in [-0.4, -0.2) is 39.3 Å². The zero-order valence-electron chi connectivity index (χ0n) is 16.6. The van der Waals surface area contributed by atoms with Crippen molar-refractivity contribution in [3.63, 3.8) is 0 Å². The number of benzene rings is 1. The molecule has 0 unspecified atom stereocenters. The lowest BCUT2D eigenvalue weighted by molar-refractivity contribution is -0.137. The predicted octanol–water partition coefficient (Wildman–Crippen LogP) is 2.50. The zero-order valence-corrected chi connectivity index (χ0v) is 16.6. The Kier molecular flexibility index (Phi) is 6.41. The Morgan fingerprint density at radius 3 is 2.77 bits per heavy atom. The van der Waals surface area contributed by atoms with Gasteiger partial charge in [0.15, 0.2) is 0 Å². The number of rotatable bonds is 8. The number of hydrogen-bond acceptors (Lipinski definition) is 6. The van der Waals surface area contributed by atoms with E-state index in [1.807, 2.05) is 13.0 Å². The molecule has 2 heterocycles. The van der Waals surface area contributed by atoms with Crippen LogP contribution in [0.1, 0.15) is 11.1 Å². The molecule has 0 amide bonds. The largest absolute Gasteiger partial charge is 0.480 e. The standard InChI is InChI=1S/C21H21FN4O4/c1-13-4-3-5-16(22)15(13)8-9-23-18-10-17(24-21(25-18)30-2)14-6-7-19(27)26(11-14)12-20(28)29/h3-7,10-11H,8-9,12H2,1-2H3,(H,28,29)(H,23,24,25). The fourth-order valence-electron chi connectivity index (χ4n) is 3.01. The van der Waals surface area contributed by atoms with Crippen molar-refractivity contribution in [2.24, 2.45) is 0 Å². The molecule has 30 heavy (non-hydrogen) atoms. The number of carboxylic acids is 1. The molecule has 2 aromatic heterocycles. The van der Waals surface area contributed by atoms with Gasteiger partial charge in [-0.1, -0.05) is 12.1 Å². The number of aliphatic carboxylic acids is 1. The van der Waals surface area contributed by atoms with Crippen molar-refractivity contribution in [3.05, 3.63) is 69.9 Å². The first-order chi connectivity index (χ1) is 14.4. The summed E-state index contributed by atoms with van der Waals surface area (Å²) in [6.45, 7) is 1.83. The number of nitrogens with one attached hydrogen (secondary N) is 1. The van der Waals surface area contributed by atoms with Crippen LogP contribution in [0.4, 0.5) is 10.2 Å². The highest BCUT2D eigenvalue weighted by atomic mass is 19.1. The number of pyridine rings is 1. The number of carbonyl (C=O) groups is 1. The minimum Gasteiger partial charge on any atom is -0.480 e. The van der Waals surface area contributed by atoms with Gasteiger partial charge in [-0.2, -0.15) is 9.97 Å². The molecule has 0 saturated carbocycles. The topological polar surface area (TPSA) is 106 Å². The van der Waals surface area contributed by atoms with Crippen molar-refractivity contribution >= 4 is 11.8 Å². The lowest BCUT2D eigenvalue weighted by Gasteiger charge is -2.12. The average molecular weight is 412 g/mol. The molecule has 0 aliphatic rings. The highest BCUT2D eigenvalue weighted by Crippen LogP contribution is 2.22. The SMILES string of the molecule is COc1nc(NCCc2c(C)cccc2F)cc(-c2ccc(=O)n(CC(=O)O)c2)n1. The molecule has 3 rings (SSSR count). The minimum absolute atomic E-state index is 0.105. The number of methoxy groups -OCH3 is 1. The summed E-state index contributed by atoms with van der Waals surface area (Å²) in [6, 6.07) is 9.55. The van der Waals surface area contributed by atoms with Crippen molar-refractivity contribution < 1.29 is 19.0 Å². The van der Waals surface area contributed by atoms with Crippen molar-refractivity contribution in [2.45, 2.75) is 19.9 Å². The molecule has 0 aliphatic heterocycles. The fraction of sp³-hybridized carbons (Fsp3) is 0.238. The molecular formula is C21H21FN4O4. The maximum absolute atomic E-state index is 14.0.